The first kappa shape index (κ1) is 16.1. The molecule has 3 rings (SSSR count). The average molecular weight is 331 g/mol. The average Bonchev–Trinajstić information content (AvgIpc) is 3.03. The molecule has 1 atom stereocenters. The van der Waals surface area contributed by atoms with Gasteiger partial charge in [0.1, 0.15) is 0 Å². The highest BCUT2D eigenvalue weighted by molar-refractivity contribution is 7.99. The normalized spacial score (nSPS) is 17.1. The van der Waals surface area contributed by atoms with Gasteiger partial charge in [-0.25, -0.2) is 0 Å². The second kappa shape index (κ2) is 7.17. The van der Waals surface area contributed by atoms with Gasteiger partial charge in [-0.3, -0.25) is 4.79 Å². The summed E-state index contributed by atoms with van der Waals surface area (Å²) in [6, 6.07) is 8.38. The molecule has 0 fully saturated rings. The number of thioether (sulfide) groups is 1. The lowest BCUT2D eigenvalue weighted by Gasteiger charge is -2.25. The highest BCUT2D eigenvalue weighted by Crippen LogP contribution is 2.35. The Morgan fingerprint density at radius 2 is 2.26 bits per heavy atom. The van der Waals surface area contributed by atoms with Crippen LogP contribution in [0.15, 0.2) is 33.7 Å². The van der Waals surface area contributed by atoms with E-state index in [-0.39, 0.29) is 17.9 Å². The molecule has 0 saturated carbocycles. The van der Waals surface area contributed by atoms with Crippen molar-refractivity contribution < 1.29 is 9.32 Å². The van der Waals surface area contributed by atoms with Crippen LogP contribution in [-0.4, -0.2) is 21.8 Å². The molecular formula is C17H21N3O2S. The SMILES string of the molecule is CC(C)c1noc(CCC(=O)NC2CCSc3ccccc32)n1. The van der Waals surface area contributed by atoms with Gasteiger partial charge in [-0.1, -0.05) is 37.2 Å². The monoisotopic (exact) mass is 331 g/mol. The predicted molar refractivity (Wildman–Crippen MR) is 89.4 cm³/mol. The minimum absolute atomic E-state index is 0.0287. The van der Waals surface area contributed by atoms with Crippen LogP contribution in [0, 0.1) is 0 Å². The molecule has 1 aromatic carbocycles. The number of nitrogens with zero attached hydrogens (tertiary/aromatic N) is 2. The van der Waals surface area contributed by atoms with Gasteiger partial charge in [0.15, 0.2) is 5.82 Å². The number of carbonyl (C=O) groups is 1. The van der Waals surface area contributed by atoms with Crippen molar-refractivity contribution in [2.24, 2.45) is 0 Å². The first-order valence-electron chi connectivity index (χ1n) is 7.97. The Hall–Kier alpha value is -1.82. The fourth-order valence-corrected chi connectivity index (χ4v) is 3.71. The summed E-state index contributed by atoms with van der Waals surface area (Å²) in [6.07, 6.45) is 1.81. The fraction of sp³-hybridized carbons (Fsp3) is 0.471. The van der Waals surface area contributed by atoms with E-state index in [0.717, 1.165) is 12.2 Å². The van der Waals surface area contributed by atoms with Crippen LogP contribution >= 0.6 is 11.8 Å². The van der Waals surface area contributed by atoms with Crippen molar-refractivity contribution in [3.8, 4) is 0 Å². The molecule has 122 valence electrons. The minimum Gasteiger partial charge on any atom is -0.349 e. The lowest BCUT2D eigenvalue weighted by atomic mass is 10.0. The van der Waals surface area contributed by atoms with Gasteiger partial charge in [0, 0.05) is 29.4 Å². The van der Waals surface area contributed by atoms with Crippen molar-refractivity contribution in [1.29, 1.82) is 0 Å². The summed E-state index contributed by atoms with van der Waals surface area (Å²) in [6.45, 7) is 4.03. The number of nitrogens with one attached hydrogen (secondary N) is 1. The van der Waals surface area contributed by atoms with Crippen LogP contribution in [0.1, 0.15) is 55.9 Å². The standard InChI is InChI=1S/C17H21N3O2S/c1-11(2)17-19-16(22-20-17)8-7-15(21)18-13-9-10-23-14-6-4-3-5-12(13)14/h3-6,11,13H,7-10H2,1-2H3,(H,18,21). The third-order valence-electron chi connectivity index (χ3n) is 3.86. The maximum atomic E-state index is 12.2. The molecule has 0 saturated heterocycles. The van der Waals surface area contributed by atoms with Crippen LogP contribution < -0.4 is 5.32 Å². The zero-order chi connectivity index (χ0) is 16.2. The van der Waals surface area contributed by atoms with E-state index in [4.69, 9.17) is 4.52 Å². The molecule has 0 spiro atoms. The molecular weight excluding hydrogens is 310 g/mol. The summed E-state index contributed by atoms with van der Waals surface area (Å²) in [5.41, 5.74) is 1.22. The number of fused-ring (bicyclic) bond motifs is 1. The summed E-state index contributed by atoms with van der Waals surface area (Å²) in [5, 5.41) is 7.05. The Morgan fingerprint density at radius 3 is 3.04 bits per heavy atom. The van der Waals surface area contributed by atoms with Crippen molar-refractivity contribution in [2.75, 3.05) is 5.75 Å². The molecule has 5 nitrogen and oxygen atoms in total. The minimum atomic E-state index is 0.0287. The van der Waals surface area contributed by atoms with Crippen molar-refractivity contribution >= 4 is 17.7 Å². The highest BCUT2D eigenvalue weighted by atomic mass is 32.2. The van der Waals surface area contributed by atoms with E-state index >= 15 is 0 Å². The van der Waals surface area contributed by atoms with Crippen LogP contribution in [0.4, 0.5) is 0 Å². The zero-order valence-electron chi connectivity index (χ0n) is 13.4. The summed E-state index contributed by atoms with van der Waals surface area (Å²) in [5.74, 6) is 2.52. The molecule has 0 radical (unpaired) electrons. The van der Waals surface area contributed by atoms with E-state index in [9.17, 15) is 4.79 Å². The van der Waals surface area contributed by atoms with Crippen LogP contribution in [0.3, 0.4) is 0 Å². The molecule has 0 bridgehead atoms. The molecule has 2 heterocycles. The number of hydrogen-bond donors (Lipinski definition) is 1. The first-order chi connectivity index (χ1) is 11.1. The second-order valence-electron chi connectivity index (χ2n) is 6.00. The van der Waals surface area contributed by atoms with Crippen molar-refractivity contribution in [3.63, 3.8) is 0 Å². The van der Waals surface area contributed by atoms with Gasteiger partial charge in [0.2, 0.25) is 11.8 Å². The zero-order valence-corrected chi connectivity index (χ0v) is 14.2. The summed E-state index contributed by atoms with van der Waals surface area (Å²) in [7, 11) is 0. The van der Waals surface area contributed by atoms with Gasteiger partial charge >= 0.3 is 0 Å². The van der Waals surface area contributed by atoms with E-state index in [0.29, 0.717) is 24.6 Å². The molecule has 1 unspecified atom stereocenters. The van der Waals surface area contributed by atoms with E-state index in [1.807, 2.05) is 37.7 Å². The van der Waals surface area contributed by atoms with Crippen molar-refractivity contribution in [2.45, 2.75) is 50.0 Å². The summed E-state index contributed by atoms with van der Waals surface area (Å²) < 4.78 is 5.18. The lowest BCUT2D eigenvalue weighted by Crippen LogP contribution is -2.30. The van der Waals surface area contributed by atoms with Crippen LogP contribution in [0.2, 0.25) is 0 Å². The Morgan fingerprint density at radius 1 is 1.43 bits per heavy atom. The number of carbonyl (C=O) groups excluding carboxylic acids is 1. The maximum absolute atomic E-state index is 12.2. The molecule has 6 heteroatoms. The third-order valence-corrected chi connectivity index (χ3v) is 4.98. The highest BCUT2D eigenvalue weighted by Gasteiger charge is 2.22. The lowest BCUT2D eigenvalue weighted by molar-refractivity contribution is -0.121. The predicted octanol–water partition coefficient (Wildman–Crippen LogP) is 3.48. The number of benzene rings is 1. The van der Waals surface area contributed by atoms with Gasteiger partial charge in [-0.2, -0.15) is 4.98 Å². The maximum Gasteiger partial charge on any atom is 0.227 e. The molecule has 2 aromatic rings. The molecule has 1 amide bonds. The second-order valence-corrected chi connectivity index (χ2v) is 7.13. The van der Waals surface area contributed by atoms with E-state index in [1.165, 1.54) is 10.5 Å². The number of aromatic nitrogens is 2. The van der Waals surface area contributed by atoms with Crippen molar-refractivity contribution in [1.82, 2.24) is 15.5 Å². The van der Waals surface area contributed by atoms with Gasteiger partial charge in [0.25, 0.3) is 0 Å². The summed E-state index contributed by atoms with van der Waals surface area (Å²) >= 11 is 1.85. The van der Waals surface area contributed by atoms with Gasteiger partial charge in [0.05, 0.1) is 6.04 Å². The van der Waals surface area contributed by atoms with E-state index in [2.05, 4.69) is 27.6 Å². The molecule has 1 N–H and O–H groups in total. The number of amides is 1. The smallest absolute Gasteiger partial charge is 0.227 e. The van der Waals surface area contributed by atoms with E-state index < -0.39 is 0 Å². The fourth-order valence-electron chi connectivity index (χ4n) is 2.58. The van der Waals surface area contributed by atoms with Crippen LogP contribution in [-0.2, 0) is 11.2 Å². The quantitative estimate of drug-likeness (QED) is 0.908. The van der Waals surface area contributed by atoms with Gasteiger partial charge < -0.3 is 9.84 Å². The van der Waals surface area contributed by atoms with Crippen molar-refractivity contribution in [3.05, 3.63) is 41.5 Å². The van der Waals surface area contributed by atoms with Crippen LogP contribution in [0.25, 0.3) is 0 Å². The van der Waals surface area contributed by atoms with Gasteiger partial charge in [-0.15, -0.1) is 11.8 Å². The largest absolute Gasteiger partial charge is 0.349 e. The molecule has 1 aliphatic rings. The van der Waals surface area contributed by atoms with E-state index in [1.54, 1.807) is 0 Å². The Kier molecular flexibility index (Phi) is 5.00. The van der Waals surface area contributed by atoms with Gasteiger partial charge in [-0.05, 0) is 18.1 Å². The number of aryl methyl sites for hydroxylation is 1. The molecule has 23 heavy (non-hydrogen) atoms. The summed E-state index contributed by atoms with van der Waals surface area (Å²) in [4.78, 5) is 17.8. The Bertz CT molecular complexity index is 684. The molecule has 1 aliphatic heterocycles. The topological polar surface area (TPSA) is 68.0 Å². The molecule has 0 aliphatic carbocycles. The number of rotatable bonds is 5. The Labute approximate surface area is 140 Å². The Balaban J connectivity index is 1.55. The number of hydrogen-bond acceptors (Lipinski definition) is 5. The first-order valence-corrected chi connectivity index (χ1v) is 8.95. The third kappa shape index (κ3) is 3.93. The molecule has 1 aromatic heterocycles. The van der Waals surface area contributed by atoms with Crippen LogP contribution in [0.5, 0.6) is 0 Å².